The number of methoxy groups -OCH3 is 1. The van der Waals surface area contributed by atoms with Gasteiger partial charge in [0, 0.05) is 5.69 Å². The predicted octanol–water partition coefficient (Wildman–Crippen LogP) is 4.50. The van der Waals surface area contributed by atoms with Gasteiger partial charge in [-0.3, -0.25) is 4.79 Å². The van der Waals surface area contributed by atoms with Gasteiger partial charge >= 0.3 is 0 Å². The van der Waals surface area contributed by atoms with Crippen LogP contribution >= 0.6 is 11.6 Å². The number of halogens is 1. The zero-order valence-corrected chi connectivity index (χ0v) is 16.6. The van der Waals surface area contributed by atoms with E-state index in [9.17, 15) is 13.2 Å². The van der Waals surface area contributed by atoms with Crippen LogP contribution in [0.5, 0.6) is 5.75 Å². The maximum Gasteiger partial charge on any atom is 0.247 e. The maximum atomic E-state index is 13.2. The van der Waals surface area contributed by atoms with Gasteiger partial charge in [-0.2, -0.15) is 0 Å². The van der Waals surface area contributed by atoms with Crippen LogP contribution in [-0.2, 0) is 14.6 Å². The van der Waals surface area contributed by atoms with Gasteiger partial charge in [0.1, 0.15) is 5.75 Å². The number of ether oxygens (including phenoxy) is 1. The molecule has 0 aliphatic heterocycles. The predicted molar refractivity (Wildman–Crippen MR) is 109 cm³/mol. The molecule has 0 aliphatic rings. The van der Waals surface area contributed by atoms with E-state index in [0.29, 0.717) is 22.0 Å². The van der Waals surface area contributed by atoms with Gasteiger partial charge in [-0.15, -0.1) is 0 Å². The van der Waals surface area contributed by atoms with Gasteiger partial charge in [0.2, 0.25) is 5.91 Å². The standard InChI is InChI=1S/C21H18ClNO4S/c1-27-19-13-12-16(14-18(19)22)23-21(24)20(15-8-4-2-5-9-15)28(25,26)17-10-6-3-7-11-17/h2-14,20H,1H3,(H,23,24). The first-order valence-electron chi connectivity index (χ1n) is 8.42. The molecule has 0 heterocycles. The molecular weight excluding hydrogens is 398 g/mol. The number of carbonyl (C=O) groups is 1. The largest absolute Gasteiger partial charge is 0.495 e. The number of rotatable bonds is 6. The smallest absolute Gasteiger partial charge is 0.247 e. The molecule has 0 radical (unpaired) electrons. The van der Waals surface area contributed by atoms with Crippen LogP contribution < -0.4 is 10.1 Å². The van der Waals surface area contributed by atoms with E-state index < -0.39 is 21.0 Å². The average Bonchev–Trinajstić information content (AvgIpc) is 2.69. The van der Waals surface area contributed by atoms with Crippen LogP contribution in [0.2, 0.25) is 5.02 Å². The van der Waals surface area contributed by atoms with Crippen molar-refractivity contribution in [2.75, 3.05) is 12.4 Å². The Bertz CT molecular complexity index is 1070. The first-order valence-corrected chi connectivity index (χ1v) is 10.3. The molecule has 0 saturated heterocycles. The lowest BCUT2D eigenvalue weighted by atomic mass is 10.1. The number of hydrogen-bond acceptors (Lipinski definition) is 4. The lowest BCUT2D eigenvalue weighted by Gasteiger charge is -2.18. The van der Waals surface area contributed by atoms with Gasteiger partial charge in [-0.1, -0.05) is 60.1 Å². The lowest BCUT2D eigenvalue weighted by Crippen LogP contribution is -2.28. The monoisotopic (exact) mass is 415 g/mol. The molecule has 3 rings (SSSR count). The fourth-order valence-corrected chi connectivity index (χ4v) is 4.72. The third-order valence-corrected chi connectivity index (χ3v) is 6.47. The first kappa shape index (κ1) is 19.9. The van der Waals surface area contributed by atoms with Gasteiger partial charge in [0.25, 0.3) is 0 Å². The molecule has 28 heavy (non-hydrogen) atoms. The second-order valence-electron chi connectivity index (χ2n) is 5.99. The van der Waals surface area contributed by atoms with Crippen LogP contribution in [0, 0.1) is 0 Å². The highest BCUT2D eigenvalue weighted by molar-refractivity contribution is 7.92. The van der Waals surface area contributed by atoms with Crippen molar-refractivity contribution in [3.8, 4) is 5.75 Å². The number of amides is 1. The van der Waals surface area contributed by atoms with E-state index in [1.54, 1.807) is 60.7 Å². The van der Waals surface area contributed by atoms with E-state index in [1.165, 1.54) is 25.3 Å². The molecule has 1 unspecified atom stereocenters. The van der Waals surface area contributed by atoms with Gasteiger partial charge in [0.05, 0.1) is 17.0 Å². The van der Waals surface area contributed by atoms with Crippen molar-refractivity contribution in [1.29, 1.82) is 0 Å². The van der Waals surface area contributed by atoms with Crippen molar-refractivity contribution in [3.05, 3.63) is 89.4 Å². The zero-order chi connectivity index (χ0) is 20.1. The number of nitrogens with one attached hydrogen (secondary N) is 1. The van der Waals surface area contributed by atoms with E-state index in [-0.39, 0.29) is 4.90 Å². The van der Waals surface area contributed by atoms with E-state index in [1.807, 2.05) is 0 Å². The molecular formula is C21H18ClNO4S. The third-order valence-electron chi connectivity index (χ3n) is 4.14. The molecule has 3 aromatic carbocycles. The van der Waals surface area contributed by atoms with Crippen LogP contribution in [0.1, 0.15) is 10.8 Å². The molecule has 1 amide bonds. The second kappa shape index (κ2) is 8.46. The van der Waals surface area contributed by atoms with Gasteiger partial charge < -0.3 is 10.1 Å². The number of sulfone groups is 1. The van der Waals surface area contributed by atoms with Crippen LogP contribution in [0.25, 0.3) is 0 Å². The lowest BCUT2D eigenvalue weighted by molar-refractivity contribution is -0.115. The van der Waals surface area contributed by atoms with Crippen LogP contribution in [0.3, 0.4) is 0 Å². The van der Waals surface area contributed by atoms with Crippen molar-refractivity contribution < 1.29 is 17.9 Å². The maximum absolute atomic E-state index is 13.2. The Kier molecular flexibility index (Phi) is 6.02. The molecule has 1 N–H and O–H groups in total. The summed E-state index contributed by atoms with van der Waals surface area (Å²) in [6.45, 7) is 0. The number of hydrogen-bond donors (Lipinski definition) is 1. The zero-order valence-electron chi connectivity index (χ0n) is 15.0. The van der Waals surface area contributed by atoms with Crippen LogP contribution in [-0.4, -0.2) is 21.4 Å². The summed E-state index contributed by atoms with van der Waals surface area (Å²) in [6.07, 6.45) is 0. The molecule has 5 nitrogen and oxygen atoms in total. The number of carbonyl (C=O) groups excluding carboxylic acids is 1. The van der Waals surface area contributed by atoms with Crippen molar-refractivity contribution in [1.82, 2.24) is 0 Å². The summed E-state index contributed by atoms with van der Waals surface area (Å²) in [6, 6.07) is 21.0. The summed E-state index contributed by atoms with van der Waals surface area (Å²) < 4.78 is 31.5. The Morgan fingerprint density at radius 2 is 1.57 bits per heavy atom. The molecule has 0 bridgehead atoms. The van der Waals surface area contributed by atoms with Crippen LogP contribution in [0.4, 0.5) is 5.69 Å². The van der Waals surface area contributed by atoms with Crippen molar-refractivity contribution in [2.24, 2.45) is 0 Å². The molecule has 0 saturated carbocycles. The molecule has 0 aromatic heterocycles. The molecule has 1 atom stereocenters. The minimum Gasteiger partial charge on any atom is -0.495 e. The second-order valence-corrected chi connectivity index (χ2v) is 8.43. The van der Waals surface area contributed by atoms with Gasteiger partial charge in [0.15, 0.2) is 15.1 Å². The Morgan fingerprint density at radius 1 is 0.964 bits per heavy atom. The first-order chi connectivity index (χ1) is 13.4. The van der Waals surface area contributed by atoms with Crippen molar-refractivity contribution in [3.63, 3.8) is 0 Å². The van der Waals surface area contributed by atoms with Crippen molar-refractivity contribution >= 4 is 33.0 Å². The van der Waals surface area contributed by atoms with Gasteiger partial charge in [-0.05, 0) is 35.9 Å². The van der Waals surface area contributed by atoms with E-state index in [4.69, 9.17) is 16.3 Å². The van der Waals surface area contributed by atoms with Crippen molar-refractivity contribution in [2.45, 2.75) is 10.1 Å². The summed E-state index contributed by atoms with van der Waals surface area (Å²) in [4.78, 5) is 13.1. The number of anilines is 1. The Labute approximate surface area is 168 Å². The Balaban J connectivity index is 2.00. The van der Waals surface area contributed by atoms with Gasteiger partial charge in [-0.25, -0.2) is 8.42 Å². The topological polar surface area (TPSA) is 72.5 Å². The molecule has 0 fully saturated rings. The summed E-state index contributed by atoms with van der Waals surface area (Å²) >= 11 is 6.10. The highest BCUT2D eigenvalue weighted by Gasteiger charge is 2.35. The molecule has 0 spiro atoms. The highest BCUT2D eigenvalue weighted by Crippen LogP contribution is 2.32. The fraction of sp³-hybridized carbons (Fsp3) is 0.0952. The number of benzene rings is 3. The molecule has 144 valence electrons. The minimum absolute atomic E-state index is 0.0757. The van der Waals surface area contributed by atoms with E-state index in [0.717, 1.165) is 0 Å². The molecule has 0 aliphatic carbocycles. The highest BCUT2D eigenvalue weighted by atomic mass is 35.5. The summed E-state index contributed by atoms with van der Waals surface area (Å²) in [5.74, 6) is -0.215. The third kappa shape index (κ3) is 4.18. The molecule has 3 aromatic rings. The summed E-state index contributed by atoms with van der Waals surface area (Å²) in [5, 5.41) is 1.55. The minimum atomic E-state index is -3.97. The Hall–Kier alpha value is -2.83. The quantitative estimate of drug-likeness (QED) is 0.643. The fourth-order valence-electron chi connectivity index (χ4n) is 2.80. The van der Waals surface area contributed by atoms with E-state index >= 15 is 0 Å². The van der Waals surface area contributed by atoms with Crippen LogP contribution in [0.15, 0.2) is 83.8 Å². The summed E-state index contributed by atoms with van der Waals surface area (Å²) in [5.41, 5.74) is 0.753. The average molecular weight is 416 g/mol. The molecule has 7 heteroatoms. The normalized spacial score (nSPS) is 12.2. The summed E-state index contributed by atoms with van der Waals surface area (Å²) in [7, 11) is -2.48. The van der Waals surface area contributed by atoms with E-state index in [2.05, 4.69) is 5.32 Å². The Morgan fingerprint density at radius 3 is 2.14 bits per heavy atom. The SMILES string of the molecule is COc1ccc(NC(=O)C(c2ccccc2)S(=O)(=O)c2ccccc2)cc1Cl.